The first-order valence-corrected chi connectivity index (χ1v) is 23.2. The molecule has 10 atom stereocenters. The number of fused-ring (bicyclic) bond motifs is 7. The third-order valence-electron chi connectivity index (χ3n) is 17.7. The van der Waals surface area contributed by atoms with Crippen LogP contribution in [-0.2, 0) is 9.53 Å². The molecule has 0 heterocycles. The first-order chi connectivity index (χ1) is 25.7. The van der Waals surface area contributed by atoms with Crippen molar-refractivity contribution < 1.29 is 31.6 Å². The third kappa shape index (κ3) is 6.20. The lowest BCUT2D eigenvalue weighted by Crippen LogP contribution is -3.00. The zero-order chi connectivity index (χ0) is 38.1. The zero-order valence-corrected chi connectivity index (χ0v) is 36.9. The van der Waals surface area contributed by atoms with E-state index in [1.165, 1.54) is 53.6 Å². The first kappa shape index (κ1) is 40.9. The van der Waals surface area contributed by atoms with Crippen LogP contribution in [0.4, 0.5) is 0 Å². The Morgan fingerprint density at radius 1 is 0.709 bits per heavy atom. The lowest BCUT2D eigenvalue weighted by molar-refractivity contribution is -0.249. The Labute approximate surface area is 343 Å². The summed E-state index contributed by atoms with van der Waals surface area (Å²) < 4.78 is 6.73. The molecule has 3 aromatic rings. The molecule has 5 aliphatic rings. The quantitative estimate of drug-likeness (QED) is 0.145. The number of carbonyl (C=O) groups is 1. The van der Waals surface area contributed by atoms with E-state index in [1.807, 2.05) is 0 Å². The predicted octanol–water partition coefficient (Wildman–Crippen LogP) is 7.55. The van der Waals surface area contributed by atoms with Crippen LogP contribution in [0.5, 0.6) is 0 Å². The topological polar surface area (TPSA) is 46.5 Å². The van der Waals surface area contributed by atoms with Gasteiger partial charge in [0.1, 0.15) is 23.2 Å². The van der Waals surface area contributed by atoms with Crippen LogP contribution in [0.3, 0.4) is 0 Å². The van der Waals surface area contributed by atoms with Crippen LogP contribution in [0.25, 0.3) is 0 Å². The second-order valence-corrected chi connectivity index (χ2v) is 23.5. The van der Waals surface area contributed by atoms with Gasteiger partial charge in [0.15, 0.2) is 6.16 Å². The van der Waals surface area contributed by atoms with Crippen LogP contribution < -0.4 is 32.9 Å². The lowest BCUT2D eigenvalue weighted by Gasteiger charge is -2.73. The second-order valence-electron chi connectivity index (χ2n) is 20.1. The highest BCUT2D eigenvalue weighted by Gasteiger charge is 2.71. The standard InChI is InChI=1S/C50H66O3P.BrH/c1-35(2)39-25-30-50(34-53-44(52)33-54(36-17-11-8-12-18-36,37-19-13-9-14-20-37)38-21-15-10-16-22-38)32-31-48(6)40(45(39)50)23-24-42-47(5)28-27-43(51)46(3,4)41(47)26-29-49(42,48)7;/h8-22,39-43,45,51H,1,23-34H2,2-7H3;1H/q+1;/p-1/t39-,40+,41-,42+,43-,45+,47-,48+,49+,50+;/m0./s1. The Bertz CT molecular complexity index is 1750. The van der Waals surface area contributed by atoms with Crippen molar-refractivity contribution >= 4 is 29.1 Å². The normalized spacial score (nSPS) is 37.6. The van der Waals surface area contributed by atoms with E-state index in [0.29, 0.717) is 42.4 Å². The van der Waals surface area contributed by atoms with E-state index in [9.17, 15) is 9.90 Å². The van der Waals surface area contributed by atoms with Crippen molar-refractivity contribution in [3.63, 3.8) is 0 Å². The molecule has 0 aromatic heterocycles. The summed E-state index contributed by atoms with van der Waals surface area (Å²) in [6, 6.07) is 32.2. The Hall–Kier alpha value is -2.26. The van der Waals surface area contributed by atoms with Crippen LogP contribution in [0.2, 0.25) is 0 Å². The summed E-state index contributed by atoms with van der Waals surface area (Å²) in [5, 5.41) is 14.8. The number of ether oxygens (including phenoxy) is 1. The van der Waals surface area contributed by atoms with E-state index >= 15 is 0 Å². The lowest BCUT2D eigenvalue weighted by atomic mass is 9.32. The van der Waals surface area contributed by atoms with Crippen molar-refractivity contribution in [2.24, 2.45) is 56.7 Å². The fourth-order valence-corrected chi connectivity index (χ4v) is 18.7. The predicted molar refractivity (Wildman–Crippen MR) is 226 cm³/mol. The Balaban J connectivity index is 0.00000465. The molecule has 0 bridgehead atoms. The molecule has 0 aliphatic heterocycles. The molecule has 55 heavy (non-hydrogen) atoms. The summed E-state index contributed by atoms with van der Waals surface area (Å²) in [4.78, 5) is 14.6. The van der Waals surface area contributed by atoms with Gasteiger partial charge in [0.25, 0.3) is 0 Å². The van der Waals surface area contributed by atoms with Crippen molar-refractivity contribution in [3.8, 4) is 0 Å². The van der Waals surface area contributed by atoms with Crippen LogP contribution in [0.15, 0.2) is 103 Å². The van der Waals surface area contributed by atoms with Gasteiger partial charge in [0.2, 0.25) is 0 Å². The number of esters is 1. The van der Waals surface area contributed by atoms with Gasteiger partial charge in [0, 0.05) is 5.41 Å². The van der Waals surface area contributed by atoms with Crippen molar-refractivity contribution in [1.29, 1.82) is 0 Å². The molecule has 296 valence electrons. The molecule has 3 aromatic carbocycles. The molecule has 1 N–H and O–H groups in total. The van der Waals surface area contributed by atoms with Gasteiger partial charge in [-0.2, -0.15) is 0 Å². The van der Waals surface area contributed by atoms with Gasteiger partial charge in [0.05, 0.1) is 12.7 Å². The maximum absolute atomic E-state index is 14.6. The molecule has 5 fully saturated rings. The number of carbonyl (C=O) groups excluding carboxylic acids is 1. The maximum Gasteiger partial charge on any atom is 0.345 e. The van der Waals surface area contributed by atoms with Crippen LogP contribution >= 0.6 is 7.26 Å². The summed E-state index contributed by atoms with van der Waals surface area (Å²) in [6.45, 7) is 20.1. The van der Waals surface area contributed by atoms with Crippen molar-refractivity contribution in [2.75, 3.05) is 12.8 Å². The first-order valence-electron chi connectivity index (χ1n) is 21.3. The SMILES string of the molecule is C=C(C)[C@@H]1CC[C@]2(COC(=O)C[P+](c3ccccc3)(c3ccccc3)c3ccccc3)CC[C@]3(C)[C@H](CC[C@@H]4[C@@]5(C)CC[C@H](O)C(C)(C)[C@@H]5CC[C@]43C)[C@@H]12.[Br-]. The average molecular weight is 826 g/mol. The summed E-state index contributed by atoms with van der Waals surface area (Å²) in [7, 11) is -2.33. The smallest absolute Gasteiger partial charge is 0.345 e. The summed E-state index contributed by atoms with van der Waals surface area (Å²) in [6.07, 6.45) is 11.9. The van der Waals surface area contributed by atoms with Crippen molar-refractivity contribution in [3.05, 3.63) is 103 Å². The molecule has 5 aliphatic carbocycles. The molecular formula is C50H66BrO3P. The number of aliphatic hydroxyl groups excluding tert-OH is 1. The van der Waals surface area contributed by atoms with Gasteiger partial charge in [-0.1, -0.05) is 101 Å². The highest BCUT2D eigenvalue weighted by Crippen LogP contribution is 2.77. The summed E-state index contributed by atoms with van der Waals surface area (Å²) in [5.74, 6) is 2.76. The van der Waals surface area contributed by atoms with E-state index in [4.69, 9.17) is 4.74 Å². The fraction of sp³-hybridized carbons (Fsp3) is 0.580. The van der Waals surface area contributed by atoms with E-state index in [0.717, 1.165) is 32.1 Å². The monoisotopic (exact) mass is 824 g/mol. The Kier molecular flexibility index (Phi) is 11.0. The molecule has 5 heteroatoms. The molecule has 5 saturated carbocycles. The van der Waals surface area contributed by atoms with E-state index in [-0.39, 0.29) is 56.1 Å². The highest BCUT2D eigenvalue weighted by molar-refractivity contribution is 7.96. The summed E-state index contributed by atoms with van der Waals surface area (Å²) in [5.41, 5.74) is 2.05. The molecule has 0 amide bonds. The minimum atomic E-state index is -2.33. The Morgan fingerprint density at radius 3 is 1.82 bits per heavy atom. The van der Waals surface area contributed by atoms with Gasteiger partial charge >= 0.3 is 5.97 Å². The van der Waals surface area contributed by atoms with Gasteiger partial charge in [-0.25, -0.2) is 4.79 Å². The number of aliphatic hydroxyl groups is 1. The number of allylic oxidation sites excluding steroid dienone is 1. The van der Waals surface area contributed by atoms with E-state index in [1.54, 1.807) is 0 Å². The average Bonchev–Trinajstić information content (AvgIpc) is 3.56. The fourth-order valence-electron chi connectivity index (χ4n) is 14.8. The molecule has 0 saturated heterocycles. The molecule has 3 nitrogen and oxygen atoms in total. The van der Waals surface area contributed by atoms with Gasteiger partial charge in [-0.3, -0.25) is 0 Å². The molecule has 0 unspecified atom stereocenters. The highest BCUT2D eigenvalue weighted by atomic mass is 79.9. The number of hydrogen-bond acceptors (Lipinski definition) is 3. The number of hydrogen-bond donors (Lipinski definition) is 1. The van der Waals surface area contributed by atoms with E-state index in [2.05, 4.69) is 139 Å². The minimum absolute atomic E-state index is 0. The van der Waals surface area contributed by atoms with Crippen LogP contribution in [0, 0.1) is 56.7 Å². The summed E-state index contributed by atoms with van der Waals surface area (Å²) >= 11 is 0. The minimum Gasteiger partial charge on any atom is -1.00 e. The molecular weight excluding hydrogens is 759 g/mol. The number of rotatable bonds is 8. The van der Waals surface area contributed by atoms with Crippen molar-refractivity contribution in [2.45, 2.75) is 112 Å². The van der Waals surface area contributed by atoms with Crippen molar-refractivity contribution in [1.82, 2.24) is 0 Å². The molecule has 0 spiro atoms. The second kappa shape index (κ2) is 14.8. The number of halogens is 1. The van der Waals surface area contributed by atoms with Gasteiger partial charge in [-0.15, -0.1) is 0 Å². The third-order valence-corrected chi connectivity index (χ3v) is 22.0. The van der Waals surface area contributed by atoms with Crippen LogP contribution in [-0.4, -0.2) is 29.9 Å². The van der Waals surface area contributed by atoms with E-state index < -0.39 is 7.26 Å². The Morgan fingerprint density at radius 2 is 1.27 bits per heavy atom. The molecule has 0 radical (unpaired) electrons. The van der Waals surface area contributed by atoms with Gasteiger partial charge < -0.3 is 26.8 Å². The van der Waals surface area contributed by atoms with Gasteiger partial charge in [-0.05, 0) is 159 Å². The molecule has 8 rings (SSSR count). The number of benzene rings is 3. The zero-order valence-electron chi connectivity index (χ0n) is 34.4. The van der Waals surface area contributed by atoms with Crippen LogP contribution in [0.1, 0.15) is 106 Å². The largest absolute Gasteiger partial charge is 1.00 e. The maximum atomic E-state index is 14.6.